The molecule has 1 N–H and O–H groups in total. The Morgan fingerprint density at radius 2 is 1.72 bits per heavy atom. The van der Waals surface area contributed by atoms with E-state index in [1.165, 1.54) is 14.2 Å². The molecule has 0 bridgehead atoms. The molecule has 0 aliphatic carbocycles. The summed E-state index contributed by atoms with van der Waals surface area (Å²) in [7, 11) is 3.07. The van der Waals surface area contributed by atoms with Gasteiger partial charge in [-0.15, -0.1) is 0 Å². The number of carbonyl (C=O) groups excluding carboxylic acids is 2. The number of hydrogen-bond acceptors (Lipinski definition) is 4. The Hall–Kier alpha value is -2.24. The molecule has 1 aliphatic rings. The fraction of sp³-hybridized carbons (Fsp3) is 0.579. The third-order valence-electron chi connectivity index (χ3n) is 4.43. The topological polar surface area (TPSA) is 67.9 Å². The highest BCUT2D eigenvalue weighted by atomic mass is 16.5. The molecule has 2 rings (SSSR count). The molecule has 0 unspecified atom stereocenters. The van der Waals surface area contributed by atoms with Gasteiger partial charge in [-0.3, -0.25) is 9.59 Å². The Kier molecular flexibility index (Phi) is 7.10. The Bertz CT molecular complexity index is 610. The molecule has 1 fully saturated rings. The number of ether oxygens (including phenoxy) is 2. The lowest BCUT2D eigenvalue weighted by molar-refractivity contribution is -0.116. The van der Waals surface area contributed by atoms with E-state index in [4.69, 9.17) is 9.47 Å². The lowest BCUT2D eigenvalue weighted by Crippen LogP contribution is -2.29. The summed E-state index contributed by atoms with van der Waals surface area (Å²) in [5.41, 5.74) is 0.930. The average molecular weight is 348 g/mol. The molecule has 1 aromatic carbocycles. The van der Waals surface area contributed by atoms with E-state index in [0.717, 1.165) is 45.2 Å². The van der Waals surface area contributed by atoms with Gasteiger partial charge in [0.25, 0.3) is 5.91 Å². The van der Waals surface area contributed by atoms with Crippen LogP contribution in [0.25, 0.3) is 0 Å². The summed E-state index contributed by atoms with van der Waals surface area (Å²) in [5.74, 6) is 0.803. The van der Waals surface area contributed by atoms with Crippen molar-refractivity contribution in [3.63, 3.8) is 0 Å². The molecule has 0 radical (unpaired) electrons. The summed E-state index contributed by atoms with van der Waals surface area (Å²) in [5, 5.41) is 2.88. The van der Waals surface area contributed by atoms with Crippen LogP contribution in [0, 0.1) is 0 Å². The molecule has 0 atom stereocenters. The van der Waals surface area contributed by atoms with Crippen LogP contribution in [0.2, 0.25) is 0 Å². The molecule has 0 aromatic heterocycles. The number of amides is 2. The van der Waals surface area contributed by atoms with E-state index in [1.54, 1.807) is 12.1 Å². The third kappa shape index (κ3) is 4.87. The largest absolute Gasteiger partial charge is 0.493 e. The fourth-order valence-corrected chi connectivity index (χ4v) is 3.00. The summed E-state index contributed by atoms with van der Waals surface area (Å²) >= 11 is 0. The van der Waals surface area contributed by atoms with E-state index in [0.29, 0.717) is 29.2 Å². The zero-order valence-corrected chi connectivity index (χ0v) is 15.4. The Labute approximate surface area is 149 Å². The van der Waals surface area contributed by atoms with Gasteiger partial charge in [0, 0.05) is 25.6 Å². The van der Waals surface area contributed by atoms with E-state index in [-0.39, 0.29) is 11.8 Å². The molecule has 0 spiro atoms. The van der Waals surface area contributed by atoms with Crippen LogP contribution in [-0.2, 0) is 4.79 Å². The van der Waals surface area contributed by atoms with Gasteiger partial charge in [0.1, 0.15) is 0 Å². The Morgan fingerprint density at radius 3 is 2.32 bits per heavy atom. The van der Waals surface area contributed by atoms with Crippen LogP contribution in [0.5, 0.6) is 11.5 Å². The highest BCUT2D eigenvalue weighted by Gasteiger charge is 2.24. The Balaban J connectivity index is 2.27. The molecule has 2 amide bonds. The first-order valence-electron chi connectivity index (χ1n) is 8.95. The van der Waals surface area contributed by atoms with Gasteiger partial charge in [0.15, 0.2) is 11.5 Å². The number of likely N-dealkylation sites (tertiary alicyclic amines) is 1. The number of rotatable bonds is 8. The van der Waals surface area contributed by atoms with Gasteiger partial charge in [-0.05, 0) is 25.3 Å². The summed E-state index contributed by atoms with van der Waals surface area (Å²) in [4.78, 5) is 26.9. The molecule has 138 valence electrons. The highest BCUT2D eigenvalue weighted by molar-refractivity contribution is 6.04. The van der Waals surface area contributed by atoms with E-state index >= 15 is 0 Å². The predicted molar refractivity (Wildman–Crippen MR) is 97.5 cm³/mol. The summed E-state index contributed by atoms with van der Waals surface area (Å²) in [6.45, 7) is 3.59. The van der Waals surface area contributed by atoms with E-state index in [9.17, 15) is 9.59 Å². The summed E-state index contributed by atoms with van der Waals surface area (Å²) < 4.78 is 10.6. The minimum absolute atomic E-state index is 0.0812. The minimum Gasteiger partial charge on any atom is -0.493 e. The Morgan fingerprint density at radius 1 is 1.08 bits per heavy atom. The number of anilines is 1. The van der Waals surface area contributed by atoms with Crippen molar-refractivity contribution >= 4 is 17.5 Å². The number of methoxy groups -OCH3 is 2. The summed E-state index contributed by atoms with van der Waals surface area (Å²) in [6, 6.07) is 3.32. The number of hydrogen-bond donors (Lipinski definition) is 1. The normalized spacial score (nSPS) is 13.6. The summed E-state index contributed by atoms with van der Waals surface area (Å²) in [6.07, 6.45) is 5.38. The monoisotopic (exact) mass is 348 g/mol. The molecular formula is C19H28N2O4. The van der Waals surface area contributed by atoms with Crippen molar-refractivity contribution in [1.29, 1.82) is 0 Å². The predicted octanol–water partition coefficient (Wildman–Crippen LogP) is 3.46. The second kappa shape index (κ2) is 9.30. The molecule has 1 saturated heterocycles. The van der Waals surface area contributed by atoms with Crippen molar-refractivity contribution in [2.75, 3.05) is 32.6 Å². The maximum absolute atomic E-state index is 12.9. The van der Waals surface area contributed by atoms with Gasteiger partial charge >= 0.3 is 0 Å². The van der Waals surface area contributed by atoms with E-state index in [1.807, 2.05) is 4.90 Å². The van der Waals surface area contributed by atoms with Crippen molar-refractivity contribution in [2.45, 2.75) is 45.4 Å². The van der Waals surface area contributed by atoms with Gasteiger partial charge in [-0.25, -0.2) is 0 Å². The van der Waals surface area contributed by atoms with Crippen molar-refractivity contribution in [1.82, 2.24) is 4.90 Å². The van der Waals surface area contributed by atoms with Gasteiger partial charge in [-0.2, -0.15) is 0 Å². The molecule has 25 heavy (non-hydrogen) atoms. The molecule has 1 aliphatic heterocycles. The maximum Gasteiger partial charge on any atom is 0.256 e. The first-order valence-corrected chi connectivity index (χ1v) is 8.95. The van der Waals surface area contributed by atoms with E-state index < -0.39 is 0 Å². The average Bonchev–Trinajstić information content (AvgIpc) is 3.15. The number of nitrogens with one attached hydrogen (secondary N) is 1. The lowest BCUT2D eigenvalue weighted by Gasteiger charge is -2.20. The van der Waals surface area contributed by atoms with Gasteiger partial charge in [-0.1, -0.05) is 19.8 Å². The molecular weight excluding hydrogens is 320 g/mol. The maximum atomic E-state index is 12.9. The zero-order valence-electron chi connectivity index (χ0n) is 15.4. The standard InChI is InChI=1S/C19H28N2O4/c1-4-5-6-9-18(22)20-15-13-17(25-3)16(24-2)12-14(15)19(23)21-10-7-8-11-21/h12-13H,4-11H2,1-3H3,(H,20,22). The number of carbonyl (C=O) groups is 2. The second-order valence-corrected chi connectivity index (χ2v) is 6.26. The van der Waals surface area contributed by atoms with Crippen LogP contribution in [0.4, 0.5) is 5.69 Å². The number of nitrogens with zero attached hydrogens (tertiary/aromatic N) is 1. The van der Waals surface area contributed by atoms with Crippen LogP contribution < -0.4 is 14.8 Å². The number of unbranched alkanes of at least 4 members (excludes halogenated alkanes) is 2. The molecule has 1 aromatic rings. The van der Waals surface area contributed by atoms with Crippen LogP contribution in [0.1, 0.15) is 55.8 Å². The van der Waals surface area contributed by atoms with Crippen molar-refractivity contribution in [3.8, 4) is 11.5 Å². The smallest absolute Gasteiger partial charge is 0.256 e. The van der Waals surface area contributed by atoms with Crippen LogP contribution >= 0.6 is 0 Å². The number of benzene rings is 1. The molecule has 1 heterocycles. The fourth-order valence-electron chi connectivity index (χ4n) is 3.00. The van der Waals surface area contributed by atoms with Gasteiger partial charge in [0.2, 0.25) is 5.91 Å². The third-order valence-corrected chi connectivity index (χ3v) is 4.43. The quantitative estimate of drug-likeness (QED) is 0.731. The highest BCUT2D eigenvalue weighted by Crippen LogP contribution is 2.34. The van der Waals surface area contributed by atoms with E-state index in [2.05, 4.69) is 12.2 Å². The van der Waals surface area contributed by atoms with Crippen molar-refractivity contribution in [2.24, 2.45) is 0 Å². The minimum atomic E-state index is -0.0869. The van der Waals surface area contributed by atoms with Crippen LogP contribution in [0.3, 0.4) is 0 Å². The SMILES string of the molecule is CCCCCC(=O)Nc1cc(OC)c(OC)cc1C(=O)N1CCCC1. The molecule has 0 saturated carbocycles. The molecule has 6 heteroatoms. The zero-order chi connectivity index (χ0) is 18.2. The van der Waals surface area contributed by atoms with Crippen molar-refractivity contribution < 1.29 is 19.1 Å². The van der Waals surface area contributed by atoms with Crippen molar-refractivity contribution in [3.05, 3.63) is 17.7 Å². The van der Waals surface area contributed by atoms with Crippen LogP contribution in [0.15, 0.2) is 12.1 Å². The van der Waals surface area contributed by atoms with Gasteiger partial charge in [0.05, 0.1) is 25.5 Å². The first kappa shape index (κ1) is 19.1. The second-order valence-electron chi connectivity index (χ2n) is 6.26. The lowest BCUT2D eigenvalue weighted by atomic mass is 10.1. The molecule has 6 nitrogen and oxygen atoms in total. The first-order chi connectivity index (χ1) is 12.1. The van der Waals surface area contributed by atoms with Crippen LogP contribution in [-0.4, -0.2) is 44.0 Å². The van der Waals surface area contributed by atoms with Gasteiger partial charge < -0.3 is 19.7 Å².